The third kappa shape index (κ3) is 4.16. The number of benzene rings is 1. The summed E-state index contributed by atoms with van der Waals surface area (Å²) in [6.07, 6.45) is 1.61. The Morgan fingerprint density at radius 3 is 2.65 bits per heavy atom. The smallest absolute Gasteiger partial charge is 0.233 e. The fraction of sp³-hybridized carbons (Fsp3) is 0.316. The van der Waals surface area contributed by atoms with E-state index in [0.717, 1.165) is 10.7 Å². The number of hydrogen-bond acceptors (Lipinski definition) is 5. The molecule has 6 nitrogen and oxygen atoms in total. The van der Waals surface area contributed by atoms with E-state index in [1.807, 2.05) is 30.7 Å². The van der Waals surface area contributed by atoms with Crippen LogP contribution in [-0.2, 0) is 17.9 Å². The van der Waals surface area contributed by atoms with Crippen molar-refractivity contribution in [2.75, 3.05) is 12.8 Å². The second kappa shape index (κ2) is 8.23. The first-order valence-corrected chi connectivity index (χ1v) is 9.46. The average molecular weight is 370 g/mol. The Morgan fingerprint density at radius 2 is 2.00 bits per heavy atom. The van der Waals surface area contributed by atoms with Crippen molar-refractivity contribution in [2.24, 2.45) is 0 Å². The van der Waals surface area contributed by atoms with Gasteiger partial charge in [0.05, 0.1) is 12.0 Å². The van der Waals surface area contributed by atoms with Crippen molar-refractivity contribution in [1.82, 2.24) is 19.7 Å². The Balaban J connectivity index is 1.61. The van der Waals surface area contributed by atoms with Crippen LogP contribution in [-0.4, -0.2) is 38.4 Å². The van der Waals surface area contributed by atoms with Crippen LogP contribution in [0.2, 0.25) is 0 Å². The van der Waals surface area contributed by atoms with Gasteiger partial charge in [0.25, 0.3) is 0 Å². The van der Waals surface area contributed by atoms with E-state index < -0.39 is 0 Å². The molecule has 2 heterocycles. The molecular weight excluding hydrogens is 348 g/mol. The molecule has 0 saturated carbocycles. The van der Waals surface area contributed by atoms with Crippen LogP contribution >= 0.6 is 11.8 Å². The number of carbonyl (C=O) groups excluding carboxylic acids is 1. The topological polar surface area (TPSA) is 64.2 Å². The van der Waals surface area contributed by atoms with Crippen LogP contribution in [0.4, 0.5) is 0 Å². The normalized spacial score (nSPS) is 10.9. The highest BCUT2D eigenvalue weighted by atomic mass is 32.2. The summed E-state index contributed by atoms with van der Waals surface area (Å²) in [5.41, 5.74) is 2.33. The Labute approximate surface area is 157 Å². The van der Waals surface area contributed by atoms with Gasteiger partial charge < -0.3 is 9.32 Å². The average Bonchev–Trinajstić information content (AvgIpc) is 3.30. The predicted octanol–water partition coefficient (Wildman–Crippen LogP) is 3.62. The second-order valence-electron chi connectivity index (χ2n) is 6.05. The van der Waals surface area contributed by atoms with Crippen LogP contribution in [0, 0.1) is 6.92 Å². The maximum absolute atomic E-state index is 12.5. The van der Waals surface area contributed by atoms with Gasteiger partial charge in [-0.25, -0.2) is 0 Å². The molecule has 0 saturated heterocycles. The van der Waals surface area contributed by atoms with E-state index in [2.05, 4.69) is 41.4 Å². The van der Waals surface area contributed by atoms with Crippen LogP contribution in [0.3, 0.4) is 0 Å². The summed E-state index contributed by atoms with van der Waals surface area (Å²) in [5, 5.41) is 9.13. The molecule has 26 heavy (non-hydrogen) atoms. The van der Waals surface area contributed by atoms with Crippen molar-refractivity contribution >= 4 is 17.7 Å². The first-order chi connectivity index (χ1) is 12.6. The fourth-order valence-corrected chi connectivity index (χ4v) is 3.50. The Kier molecular flexibility index (Phi) is 5.78. The largest absolute Gasteiger partial charge is 0.461 e. The second-order valence-corrected chi connectivity index (χ2v) is 6.99. The van der Waals surface area contributed by atoms with Gasteiger partial charge in [0.1, 0.15) is 0 Å². The summed E-state index contributed by atoms with van der Waals surface area (Å²) in [5.74, 6) is 1.73. The molecule has 136 valence electrons. The number of nitrogens with zero attached hydrogens (tertiary/aromatic N) is 4. The molecule has 0 bridgehead atoms. The molecular formula is C19H22N4O2S. The van der Waals surface area contributed by atoms with Crippen LogP contribution in [0.15, 0.2) is 52.2 Å². The number of thioether (sulfide) groups is 1. The first kappa shape index (κ1) is 18.3. The SMILES string of the molecule is CCn1c(SCC(=O)N(C)Cc2ccc(C)cc2)nnc1-c1ccco1. The van der Waals surface area contributed by atoms with Crippen molar-refractivity contribution in [3.8, 4) is 11.6 Å². The third-order valence-electron chi connectivity index (χ3n) is 4.07. The molecule has 0 radical (unpaired) electrons. The van der Waals surface area contributed by atoms with Gasteiger partial charge in [-0.2, -0.15) is 0 Å². The molecule has 1 amide bonds. The van der Waals surface area contributed by atoms with Gasteiger partial charge in [0.2, 0.25) is 5.91 Å². The van der Waals surface area contributed by atoms with Crippen molar-refractivity contribution in [3.63, 3.8) is 0 Å². The van der Waals surface area contributed by atoms with Gasteiger partial charge in [-0.1, -0.05) is 41.6 Å². The van der Waals surface area contributed by atoms with E-state index in [4.69, 9.17) is 4.42 Å². The van der Waals surface area contributed by atoms with Crippen LogP contribution in [0.1, 0.15) is 18.1 Å². The summed E-state index contributed by atoms with van der Waals surface area (Å²) in [6.45, 7) is 5.37. The molecule has 0 aliphatic heterocycles. The van der Waals surface area contributed by atoms with E-state index in [-0.39, 0.29) is 5.91 Å². The Bertz CT molecular complexity index is 856. The number of rotatable bonds is 7. The zero-order valence-corrected chi connectivity index (χ0v) is 16.0. The maximum atomic E-state index is 12.5. The molecule has 0 atom stereocenters. The minimum atomic E-state index is 0.0563. The van der Waals surface area contributed by atoms with Gasteiger partial charge in [-0.05, 0) is 31.5 Å². The van der Waals surface area contributed by atoms with Crippen molar-refractivity contribution in [1.29, 1.82) is 0 Å². The van der Waals surface area contributed by atoms with E-state index in [9.17, 15) is 4.79 Å². The monoisotopic (exact) mass is 370 g/mol. The lowest BCUT2D eigenvalue weighted by atomic mass is 10.1. The highest BCUT2D eigenvalue weighted by Gasteiger charge is 2.17. The fourth-order valence-electron chi connectivity index (χ4n) is 2.56. The maximum Gasteiger partial charge on any atom is 0.233 e. The number of furan rings is 1. The highest BCUT2D eigenvalue weighted by Crippen LogP contribution is 2.24. The van der Waals surface area contributed by atoms with Crippen molar-refractivity contribution in [2.45, 2.75) is 32.1 Å². The van der Waals surface area contributed by atoms with E-state index in [1.54, 1.807) is 11.2 Å². The van der Waals surface area contributed by atoms with Gasteiger partial charge >= 0.3 is 0 Å². The summed E-state index contributed by atoms with van der Waals surface area (Å²) in [4.78, 5) is 14.2. The number of aryl methyl sites for hydroxylation is 1. The first-order valence-electron chi connectivity index (χ1n) is 8.48. The van der Waals surface area contributed by atoms with Crippen molar-refractivity contribution in [3.05, 3.63) is 53.8 Å². The Morgan fingerprint density at radius 1 is 1.23 bits per heavy atom. The van der Waals surface area contributed by atoms with Crippen LogP contribution < -0.4 is 0 Å². The minimum Gasteiger partial charge on any atom is -0.461 e. The number of amides is 1. The highest BCUT2D eigenvalue weighted by molar-refractivity contribution is 7.99. The molecule has 0 fully saturated rings. The molecule has 0 aliphatic rings. The van der Waals surface area contributed by atoms with E-state index in [0.29, 0.717) is 30.4 Å². The quantitative estimate of drug-likeness (QED) is 0.595. The summed E-state index contributed by atoms with van der Waals surface area (Å²) >= 11 is 1.40. The number of aromatic nitrogens is 3. The van der Waals surface area contributed by atoms with Crippen LogP contribution in [0.5, 0.6) is 0 Å². The predicted molar refractivity (Wildman–Crippen MR) is 102 cm³/mol. The zero-order chi connectivity index (χ0) is 18.5. The van der Waals surface area contributed by atoms with Gasteiger partial charge in [0.15, 0.2) is 16.7 Å². The lowest BCUT2D eigenvalue weighted by Crippen LogP contribution is -2.27. The van der Waals surface area contributed by atoms with Crippen LogP contribution in [0.25, 0.3) is 11.6 Å². The van der Waals surface area contributed by atoms with E-state index in [1.165, 1.54) is 17.3 Å². The molecule has 0 aliphatic carbocycles. The molecule has 0 N–H and O–H groups in total. The molecule has 1 aromatic carbocycles. The Hall–Kier alpha value is -2.54. The standard InChI is InChI=1S/C19H22N4O2S/c1-4-23-18(16-6-5-11-25-16)20-21-19(23)26-13-17(24)22(3)12-15-9-7-14(2)8-10-15/h5-11H,4,12-13H2,1-3H3. The van der Waals surface area contributed by atoms with Crippen molar-refractivity contribution < 1.29 is 9.21 Å². The van der Waals surface area contributed by atoms with Gasteiger partial charge in [-0.3, -0.25) is 9.36 Å². The lowest BCUT2D eigenvalue weighted by molar-refractivity contribution is -0.127. The molecule has 3 rings (SSSR count). The molecule has 3 aromatic rings. The summed E-state index contributed by atoms with van der Waals surface area (Å²) in [7, 11) is 1.82. The van der Waals surface area contributed by atoms with Gasteiger partial charge in [0, 0.05) is 20.1 Å². The third-order valence-corrected chi connectivity index (χ3v) is 5.02. The number of carbonyl (C=O) groups is 1. The lowest BCUT2D eigenvalue weighted by Gasteiger charge is -2.17. The molecule has 0 unspecified atom stereocenters. The number of hydrogen-bond donors (Lipinski definition) is 0. The molecule has 2 aromatic heterocycles. The van der Waals surface area contributed by atoms with E-state index >= 15 is 0 Å². The van der Waals surface area contributed by atoms with Gasteiger partial charge in [-0.15, -0.1) is 10.2 Å². The molecule has 0 spiro atoms. The summed E-state index contributed by atoms with van der Waals surface area (Å²) < 4.78 is 7.36. The zero-order valence-electron chi connectivity index (χ0n) is 15.2. The minimum absolute atomic E-state index is 0.0563. The summed E-state index contributed by atoms with van der Waals surface area (Å²) in [6, 6.07) is 11.9. The molecule has 7 heteroatoms.